The van der Waals surface area contributed by atoms with Crippen LogP contribution in [-0.2, 0) is 0 Å². The van der Waals surface area contributed by atoms with Gasteiger partial charge in [-0.15, -0.1) is 0 Å². The van der Waals surface area contributed by atoms with Gasteiger partial charge in [0.15, 0.2) is 17.3 Å². The summed E-state index contributed by atoms with van der Waals surface area (Å²) < 4.78 is 15.8. The Kier molecular flexibility index (Phi) is 5.14. The lowest BCUT2D eigenvalue weighted by atomic mass is 10.1. The van der Waals surface area contributed by atoms with Crippen molar-refractivity contribution in [2.45, 2.75) is 0 Å². The highest BCUT2D eigenvalue weighted by Crippen LogP contribution is 2.35. The molecule has 0 atom stereocenters. The Morgan fingerprint density at radius 1 is 1.05 bits per heavy atom. The van der Waals surface area contributed by atoms with Crippen LogP contribution in [0.4, 0.5) is 0 Å². The minimum absolute atomic E-state index is 0.134. The minimum atomic E-state index is -0.134. The van der Waals surface area contributed by atoms with Gasteiger partial charge < -0.3 is 14.2 Å². The van der Waals surface area contributed by atoms with Gasteiger partial charge >= 0.3 is 0 Å². The lowest BCUT2D eigenvalue weighted by molar-refractivity contribution is 0.104. The highest BCUT2D eigenvalue weighted by molar-refractivity contribution is 6.06. The fourth-order valence-electron chi connectivity index (χ4n) is 1.95. The van der Waals surface area contributed by atoms with Crippen molar-refractivity contribution in [2.75, 3.05) is 21.3 Å². The lowest BCUT2D eigenvalue weighted by Gasteiger charge is -2.12. The van der Waals surface area contributed by atoms with Crippen molar-refractivity contribution in [3.05, 3.63) is 53.9 Å². The SMILES string of the molecule is COc1cc(OC)c(OC)cc1/C=C/C(=O)c1cccnc1. The number of pyridine rings is 1. The normalized spacial score (nSPS) is 10.5. The number of nitrogens with zero attached hydrogens (tertiary/aromatic N) is 1. The first-order valence-corrected chi connectivity index (χ1v) is 6.62. The average molecular weight is 299 g/mol. The summed E-state index contributed by atoms with van der Waals surface area (Å²) in [6.45, 7) is 0. The molecule has 0 amide bonds. The Bertz CT molecular complexity index is 681. The molecule has 0 bridgehead atoms. The van der Waals surface area contributed by atoms with Crippen LogP contribution in [0.3, 0.4) is 0 Å². The number of hydrogen-bond acceptors (Lipinski definition) is 5. The van der Waals surface area contributed by atoms with Crippen molar-refractivity contribution in [3.8, 4) is 17.2 Å². The number of methoxy groups -OCH3 is 3. The minimum Gasteiger partial charge on any atom is -0.496 e. The number of hydrogen-bond donors (Lipinski definition) is 0. The first kappa shape index (κ1) is 15.6. The van der Waals surface area contributed by atoms with E-state index >= 15 is 0 Å². The van der Waals surface area contributed by atoms with E-state index in [-0.39, 0.29) is 5.78 Å². The summed E-state index contributed by atoms with van der Waals surface area (Å²) in [6, 6.07) is 6.90. The molecule has 0 unspecified atom stereocenters. The van der Waals surface area contributed by atoms with Gasteiger partial charge in [-0.2, -0.15) is 0 Å². The molecular formula is C17H17NO4. The highest BCUT2D eigenvalue weighted by Gasteiger charge is 2.10. The molecule has 1 aromatic carbocycles. The molecule has 0 saturated carbocycles. The zero-order valence-corrected chi connectivity index (χ0v) is 12.7. The van der Waals surface area contributed by atoms with Crippen LogP contribution in [0.2, 0.25) is 0 Å². The summed E-state index contributed by atoms with van der Waals surface area (Å²) in [4.78, 5) is 16.0. The van der Waals surface area contributed by atoms with E-state index < -0.39 is 0 Å². The predicted octanol–water partition coefficient (Wildman–Crippen LogP) is 3.00. The van der Waals surface area contributed by atoms with Gasteiger partial charge in [0.25, 0.3) is 0 Å². The van der Waals surface area contributed by atoms with E-state index in [1.54, 1.807) is 57.9 Å². The zero-order valence-electron chi connectivity index (χ0n) is 12.7. The van der Waals surface area contributed by atoms with Crippen LogP contribution in [0.15, 0.2) is 42.7 Å². The maximum atomic E-state index is 12.1. The lowest BCUT2D eigenvalue weighted by Crippen LogP contribution is -1.96. The third-order valence-electron chi connectivity index (χ3n) is 3.10. The molecule has 0 N–H and O–H groups in total. The zero-order chi connectivity index (χ0) is 15.9. The largest absolute Gasteiger partial charge is 0.496 e. The van der Waals surface area contributed by atoms with Crippen molar-refractivity contribution < 1.29 is 19.0 Å². The average Bonchev–Trinajstić information content (AvgIpc) is 2.59. The monoisotopic (exact) mass is 299 g/mol. The summed E-state index contributed by atoms with van der Waals surface area (Å²) in [5, 5.41) is 0. The number of ketones is 1. The van der Waals surface area contributed by atoms with Gasteiger partial charge in [0.2, 0.25) is 0 Å². The van der Waals surface area contributed by atoms with Crippen LogP contribution in [0.25, 0.3) is 6.08 Å². The summed E-state index contributed by atoms with van der Waals surface area (Å²) in [5.41, 5.74) is 1.25. The van der Waals surface area contributed by atoms with Crippen molar-refractivity contribution in [1.82, 2.24) is 4.98 Å². The first-order valence-electron chi connectivity index (χ1n) is 6.62. The number of allylic oxidation sites excluding steroid dienone is 1. The molecule has 22 heavy (non-hydrogen) atoms. The summed E-state index contributed by atoms with van der Waals surface area (Å²) in [6.07, 6.45) is 6.30. The summed E-state index contributed by atoms with van der Waals surface area (Å²) >= 11 is 0. The van der Waals surface area contributed by atoms with Gasteiger partial charge in [-0.25, -0.2) is 0 Å². The quantitative estimate of drug-likeness (QED) is 0.606. The molecule has 0 saturated heterocycles. The van der Waals surface area contributed by atoms with E-state index in [9.17, 15) is 4.79 Å². The van der Waals surface area contributed by atoms with E-state index in [1.165, 1.54) is 12.3 Å². The van der Waals surface area contributed by atoms with Crippen LogP contribution in [0, 0.1) is 0 Å². The second-order valence-electron chi connectivity index (χ2n) is 4.39. The Morgan fingerprint density at radius 3 is 2.32 bits per heavy atom. The van der Waals surface area contributed by atoms with Gasteiger partial charge in [-0.3, -0.25) is 9.78 Å². The molecule has 0 aliphatic heterocycles. The topological polar surface area (TPSA) is 57.7 Å². The Hall–Kier alpha value is -2.82. The molecular weight excluding hydrogens is 282 g/mol. The second-order valence-corrected chi connectivity index (χ2v) is 4.39. The van der Waals surface area contributed by atoms with Gasteiger partial charge in [0.1, 0.15) is 5.75 Å². The van der Waals surface area contributed by atoms with Crippen LogP contribution in [0.5, 0.6) is 17.2 Å². The maximum Gasteiger partial charge on any atom is 0.187 e. The van der Waals surface area contributed by atoms with E-state index in [1.807, 2.05) is 0 Å². The number of carbonyl (C=O) groups excluding carboxylic acids is 1. The Morgan fingerprint density at radius 2 is 1.73 bits per heavy atom. The Labute approximate surface area is 129 Å². The molecule has 0 aliphatic carbocycles. The molecule has 1 heterocycles. The summed E-state index contributed by atoms with van der Waals surface area (Å²) in [5.74, 6) is 1.59. The molecule has 5 heteroatoms. The fourth-order valence-corrected chi connectivity index (χ4v) is 1.95. The van der Waals surface area contributed by atoms with Gasteiger partial charge in [-0.05, 0) is 30.4 Å². The third kappa shape index (κ3) is 3.44. The number of carbonyl (C=O) groups is 1. The first-order chi connectivity index (χ1) is 10.7. The standard InChI is InChI=1S/C17H17NO4/c1-20-15-10-17(22-3)16(21-2)9-12(15)6-7-14(19)13-5-4-8-18-11-13/h4-11H,1-3H3/b7-6+. The number of aromatic nitrogens is 1. The molecule has 5 nitrogen and oxygen atoms in total. The van der Waals surface area contributed by atoms with Crippen LogP contribution >= 0.6 is 0 Å². The number of ether oxygens (including phenoxy) is 3. The van der Waals surface area contributed by atoms with E-state index in [0.717, 1.165) is 5.56 Å². The van der Waals surface area contributed by atoms with E-state index in [2.05, 4.69) is 4.98 Å². The smallest absolute Gasteiger partial charge is 0.187 e. The molecule has 0 fully saturated rings. The van der Waals surface area contributed by atoms with Gasteiger partial charge in [0.05, 0.1) is 21.3 Å². The van der Waals surface area contributed by atoms with Crippen LogP contribution < -0.4 is 14.2 Å². The highest BCUT2D eigenvalue weighted by atomic mass is 16.5. The fraction of sp³-hybridized carbons (Fsp3) is 0.176. The van der Waals surface area contributed by atoms with Crippen molar-refractivity contribution in [3.63, 3.8) is 0 Å². The predicted molar refractivity (Wildman–Crippen MR) is 83.7 cm³/mol. The molecule has 0 aliphatic rings. The molecule has 0 radical (unpaired) electrons. The van der Waals surface area contributed by atoms with Gasteiger partial charge in [0, 0.05) is 29.6 Å². The van der Waals surface area contributed by atoms with E-state index in [0.29, 0.717) is 22.8 Å². The third-order valence-corrected chi connectivity index (χ3v) is 3.10. The van der Waals surface area contributed by atoms with Crippen molar-refractivity contribution in [2.24, 2.45) is 0 Å². The number of benzene rings is 1. The van der Waals surface area contributed by atoms with Crippen LogP contribution in [-0.4, -0.2) is 32.1 Å². The van der Waals surface area contributed by atoms with Crippen molar-refractivity contribution in [1.29, 1.82) is 0 Å². The number of rotatable bonds is 6. The Balaban J connectivity index is 2.32. The molecule has 2 rings (SSSR count). The maximum absolute atomic E-state index is 12.1. The molecule has 114 valence electrons. The van der Waals surface area contributed by atoms with Crippen LogP contribution in [0.1, 0.15) is 15.9 Å². The molecule has 0 spiro atoms. The molecule has 1 aromatic heterocycles. The second kappa shape index (κ2) is 7.26. The summed E-state index contributed by atoms with van der Waals surface area (Å²) in [7, 11) is 4.67. The van der Waals surface area contributed by atoms with Gasteiger partial charge in [-0.1, -0.05) is 0 Å². The molecule has 2 aromatic rings. The van der Waals surface area contributed by atoms with E-state index in [4.69, 9.17) is 14.2 Å². The van der Waals surface area contributed by atoms with Crippen molar-refractivity contribution >= 4 is 11.9 Å².